The minimum absolute atomic E-state index is 0.271. The summed E-state index contributed by atoms with van der Waals surface area (Å²) in [6.45, 7) is 8.61. The number of nitrogens with one attached hydrogen (secondary N) is 2. The van der Waals surface area contributed by atoms with Gasteiger partial charge in [0.15, 0.2) is 0 Å². The third-order valence-electron chi connectivity index (χ3n) is 5.26. The predicted molar refractivity (Wildman–Crippen MR) is 127 cm³/mol. The molecule has 31 heavy (non-hydrogen) atoms. The van der Waals surface area contributed by atoms with Gasteiger partial charge < -0.3 is 5.32 Å². The number of carbonyl (C=O) groups is 1. The van der Waals surface area contributed by atoms with Crippen LogP contribution in [-0.2, 0) is 13.5 Å². The lowest BCUT2D eigenvalue weighted by molar-refractivity contribution is 0.0977. The van der Waals surface area contributed by atoms with Crippen molar-refractivity contribution in [3.8, 4) is 0 Å². The summed E-state index contributed by atoms with van der Waals surface area (Å²) >= 11 is 6.04. The molecular formula is C24H28ClN5O. The van der Waals surface area contributed by atoms with Crippen LogP contribution in [0.25, 0.3) is 0 Å². The first kappa shape index (κ1) is 22.6. The lowest BCUT2D eigenvalue weighted by atomic mass is 10.1. The van der Waals surface area contributed by atoms with Gasteiger partial charge in [-0.25, -0.2) is 0 Å². The zero-order valence-corrected chi connectivity index (χ0v) is 19.3. The first-order valence-corrected chi connectivity index (χ1v) is 10.6. The zero-order chi connectivity index (χ0) is 22.5. The SMILES string of the molecule is Cc1ccc(C)c(NC(=NCCc2c(C)nn(C)c2C)NC(=O)c2cccc(Cl)c2)c1. The molecule has 0 spiro atoms. The normalized spacial score (nSPS) is 11.5. The van der Waals surface area contributed by atoms with Crippen LogP contribution in [0.15, 0.2) is 47.5 Å². The number of aryl methyl sites for hydroxylation is 4. The van der Waals surface area contributed by atoms with E-state index in [2.05, 4.69) is 33.7 Å². The molecule has 0 aliphatic heterocycles. The number of amides is 1. The second-order valence-corrected chi connectivity index (χ2v) is 8.10. The van der Waals surface area contributed by atoms with Crippen LogP contribution in [-0.4, -0.2) is 28.2 Å². The van der Waals surface area contributed by atoms with Crippen molar-refractivity contribution < 1.29 is 4.79 Å². The van der Waals surface area contributed by atoms with Gasteiger partial charge in [0.2, 0.25) is 5.96 Å². The Labute approximate surface area is 188 Å². The molecule has 3 rings (SSSR count). The smallest absolute Gasteiger partial charge is 0.258 e. The summed E-state index contributed by atoms with van der Waals surface area (Å²) in [5.41, 5.74) is 6.87. The molecule has 1 heterocycles. The van der Waals surface area contributed by atoms with Gasteiger partial charge >= 0.3 is 0 Å². The lowest BCUT2D eigenvalue weighted by Gasteiger charge is -2.14. The first-order valence-electron chi connectivity index (χ1n) is 10.2. The van der Waals surface area contributed by atoms with Gasteiger partial charge in [-0.2, -0.15) is 5.10 Å². The number of carbonyl (C=O) groups excluding carboxylic acids is 1. The summed E-state index contributed by atoms with van der Waals surface area (Å²) in [6, 6.07) is 13.0. The number of anilines is 1. The Morgan fingerprint density at radius 1 is 1.13 bits per heavy atom. The average Bonchev–Trinajstić information content (AvgIpc) is 2.96. The summed E-state index contributed by atoms with van der Waals surface area (Å²) < 4.78 is 1.88. The van der Waals surface area contributed by atoms with Crippen LogP contribution >= 0.6 is 11.6 Å². The minimum atomic E-state index is -0.271. The van der Waals surface area contributed by atoms with Gasteiger partial charge in [-0.15, -0.1) is 0 Å². The maximum absolute atomic E-state index is 12.8. The summed E-state index contributed by atoms with van der Waals surface area (Å²) in [5, 5.41) is 11.2. The second-order valence-electron chi connectivity index (χ2n) is 7.66. The summed E-state index contributed by atoms with van der Waals surface area (Å²) in [6.07, 6.45) is 0.733. The van der Waals surface area contributed by atoms with Gasteiger partial charge in [0.1, 0.15) is 0 Å². The molecule has 0 unspecified atom stereocenters. The molecule has 0 radical (unpaired) electrons. The Morgan fingerprint density at radius 2 is 1.90 bits per heavy atom. The molecule has 2 aromatic carbocycles. The predicted octanol–water partition coefficient (Wildman–Crippen LogP) is 4.75. The second kappa shape index (κ2) is 9.79. The maximum atomic E-state index is 12.8. The standard InChI is InChI=1S/C24H28ClN5O/c1-15-9-10-16(2)22(13-15)27-24(28-23(31)19-7-6-8-20(25)14-19)26-12-11-21-17(3)29-30(5)18(21)4/h6-10,13-14H,11-12H2,1-5H3,(H2,26,27,28,31). The third kappa shape index (κ3) is 5.73. The highest BCUT2D eigenvalue weighted by Crippen LogP contribution is 2.17. The third-order valence-corrected chi connectivity index (χ3v) is 5.49. The largest absolute Gasteiger partial charge is 0.326 e. The maximum Gasteiger partial charge on any atom is 0.258 e. The highest BCUT2D eigenvalue weighted by atomic mass is 35.5. The molecule has 3 aromatic rings. The molecule has 1 amide bonds. The number of guanidine groups is 1. The molecule has 162 valence electrons. The van der Waals surface area contributed by atoms with Crippen LogP contribution in [0.2, 0.25) is 5.02 Å². The van der Waals surface area contributed by atoms with Crippen LogP contribution < -0.4 is 10.6 Å². The molecule has 2 N–H and O–H groups in total. The van der Waals surface area contributed by atoms with E-state index >= 15 is 0 Å². The van der Waals surface area contributed by atoms with Crippen LogP contribution in [0.5, 0.6) is 0 Å². The van der Waals surface area contributed by atoms with Crippen molar-refractivity contribution in [3.63, 3.8) is 0 Å². The van der Waals surface area contributed by atoms with Gasteiger partial charge in [0, 0.05) is 35.6 Å². The highest BCUT2D eigenvalue weighted by molar-refractivity contribution is 6.31. The van der Waals surface area contributed by atoms with E-state index in [9.17, 15) is 4.79 Å². The number of hydrogen-bond donors (Lipinski definition) is 2. The Balaban J connectivity index is 1.83. The van der Waals surface area contributed by atoms with Crippen molar-refractivity contribution in [2.75, 3.05) is 11.9 Å². The number of aromatic nitrogens is 2. The first-order chi connectivity index (χ1) is 14.7. The number of hydrogen-bond acceptors (Lipinski definition) is 3. The van der Waals surface area contributed by atoms with Crippen LogP contribution in [0.4, 0.5) is 5.69 Å². The fourth-order valence-electron chi connectivity index (χ4n) is 3.38. The van der Waals surface area contributed by atoms with Gasteiger partial charge in [0.25, 0.3) is 5.91 Å². The van der Waals surface area contributed by atoms with Gasteiger partial charge in [-0.1, -0.05) is 29.8 Å². The van der Waals surface area contributed by atoms with Gasteiger partial charge in [0.05, 0.1) is 5.69 Å². The average molecular weight is 438 g/mol. The van der Waals surface area contributed by atoms with Crippen LogP contribution in [0.3, 0.4) is 0 Å². The minimum Gasteiger partial charge on any atom is -0.326 e. The molecular weight excluding hydrogens is 410 g/mol. The van der Waals surface area contributed by atoms with E-state index in [1.54, 1.807) is 24.3 Å². The van der Waals surface area contributed by atoms with E-state index in [0.717, 1.165) is 34.6 Å². The van der Waals surface area contributed by atoms with E-state index in [4.69, 9.17) is 11.6 Å². The Morgan fingerprint density at radius 3 is 2.58 bits per heavy atom. The Bertz CT molecular complexity index is 1130. The molecule has 0 saturated carbocycles. The van der Waals surface area contributed by atoms with Crippen LogP contribution in [0, 0.1) is 27.7 Å². The Kier molecular flexibility index (Phi) is 7.13. The van der Waals surface area contributed by atoms with E-state index in [1.807, 2.05) is 44.6 Å². The van der Waals surface area contributed by atoms with Crippen molar-refractivity contribution in [1.82, 2.24) is 15.1 Å². The number of benzene rings is 2. The molecule has 0 aliphatic carbocycles. The summed E-state index contributed by atoms with van der Waals surface area (Å²) in [7, 11) is 1.94. The summed E-state index contributed by atoms with van der Waals surface area (Å²) in [4.78, 5) is 17.5. The topological polar surface area (TPSA) is 71.3 Å². The lowest BCUT2D eigenvalue weighted by Crippen LogP contribution is -2.36. The number of nitrogens with zero attached hydrogens (tertiary/aromatic N) is 3. The molecule has 0 fully saturated rings. The highest BCUT2D eigenvalue weighted by Gasteiger charge is 2.12. The number of rotatable bonds is 5. The quantitative estimate of drug-likeness (QED) is 0.447. The monoisotopic (exact) mass is 437 g/mol. The molecule has 0 bridgehead atoms. The molecule has 1 aromatic heterocycles. The number of halogens is 1. The fourth-order valence-corrected chi connectivity index (χ4v) is 3.57. The molecule has 0 aliphatic rings. The van der Waals surface area contributed by atoms with E-state index in [-0.39, 0.29) is 5.91 Å². The van der Waals surface area contributed by atoms with Crippen molar-refractivity contribution in [1.29, 1.82) is 0 Å². The van der Waals surface area contributed by atoms with Crippen molar-refractivity contribution >= 4 is 29.2 Å². The van der Waals surface area contributed by atoms with Crippen molar-refractivity contribution in [2.45, 2.75) is 34.1 Å². The summed E-state index contributed by atoms with van der Waals surface area (Å²) in [5.74, 6) is 0.130. The van der Waals surface area contributed by atoms with E-state index < -0.39 is 0 Å². The van der Waals surface area contributed by atoms with Crippen molar-refractivity contribution in [3.05, 3.63) is 81.1 Å². The van der Waals surface area contributed by atoms with Gasteiger partial charge in [-0.05, 0) is 75.1 Å². The molecule has 6 nitrogen and oxygen atoms in total. The van der Waals surface area contributed by atoms with Gasteiger partial charge in [-0.3, -0.25) is 19.8 Å². The molecule has 7 heteroatoms. The number of aliphatic imine (C=N–C) groups is 1. The zero-order valence-electron chi connectivity index (χ0n) is 18.6. The van der Waals surface area contributed by atoms with E-state index in [0.29, 0.717) is 23.1 Å². The molecule has 0 atom stereocenters. The fraction of sp³-hybridized carbons (Fsp3) is 0.292. The molecule has 0 saturated heterocycles. The van der Waals surface area contributed by atoms with Crippen molar-refractivity contribution in [2.24, 2.45) is 12.0 Å². The Hall–Kier alpha value is -3.12. The van der Waals surface area contributed by atoms with Crippen LogP contribution in [0.1, 0.15) is 38.4 Å². The van der Waals surface area contributed by atoms with E-state index in [1.165, 1.54) is 5.56 Å².